The number of nitrogens with zero attached hydrogens (tertiary/aromatic N) is 1. The molecule has 0 saturated heterocycles. The van der Waals surface area contributed by atoms with Crippen molar-refractivity contribution in [3.05, 3.63) is 66.2 Å². The third-order valence-electron chi connectivity index (χ3n) is 4.58. The zero-order valence-corrected chi connectivity index (χ0v) is 15.3. The van der Waals surface area contributed by atoms with E-state index in [1.807, 2.05) is 61.5 Å². The molecule has 3 aromatic carbocycles. The molecular formula is C21H18N2O2S. The minimum Gasteiger partial charge on any atom is -0.324 e. The number of hydrogen-bond acceptors (Lipinski definition) is 3. The second-order valence-corrected chi connectivity index (χ2v) is 7.74. The zero-order valence-electron chi connectivity index (χ0n) is 14.5. The molecule has 1 N–H and O–H groups in total. The highest BCUT2D eigenvalue weighted by atomic mass is 32.2. The lowest BCUT2D eigenvalue weighted by Gasteiger charge is -2.23. The Hall–Kier alpha value is -2.79. The van der Waals surface area contributed by atoms with Crippen molar-refractivity contribution in [3.8, 4) is 0 Å². The van der Waals surface area contributed by atoms with Gasteiger partial charge in [-0.25, -0.2) is 0 Å². The second-order valence-electron chi connectivity index (χ2n) is 6.36. The van der Waals surface area contributed by atoms with Gasteiger partial charge in [-0.15, -0.1) is 11.8 Å². The molecule has 0 bridgehead atoms. The molecule has 3 aromatic rings. The third kappa shape index (κ3) is 2.95. The van der Waals surface area contributed by atoms with Gasteiger partial charge >= 0.3 is 0 Å². The Kier molecular flexibility index (Phi) is 4.17. The van der Waals surface area contributed by atoms with Crippen molar-refractivity contribution in [2.45, 2.75) is 17.1 Å². The van der Waals surface area contributed by atoms with Crippen LogP contribution in [0.5, 0.6) is 0 Å². The minimum absolute atomic E-state index is 0.0324. The van der Waals surface area contributed by atoms with Crippen LogP contribution in [0.2, 0.25) is 0 Å². The van der Waals surface area contributed by atoms with E-state index in [2.05, 4.69) is 5.32 Å². The first kappa shape index (κ1) is 16.7. The van der Waals surface area contributed by atoms with Gasteiger partial charge in [0.25, 0.3) is 5.91 Å². The Labute approximate surface area is 156 Å². The van der Waals surface area contributed by atoms with Gasteiger partial charge < -0.3 is 10.2 Å². The van der Waals surface area contributed by atoms with Crippen LogP contribution in [-0.4, -0.2) is 24.1 Å². The van der Waals surface area contributed by atoms with Crippen molar-refractivity contribution < 1.29 is 9.59 Å². The summed E-state index contributed by atoms with van der Waals surface area (Å²) in [6.45, 7) is 1.87. The molecule has 0 spiro atoms. The van der Waals surface area contributed by atoms with E-state index in [9.17, 15) is 9.59 Å². The molecule has 0 fully saturated rings. The number of nitrogens with one attached hydrogen (secondary N) is 1. The fraction of sp³-hybridized carbons (Fsp3) is 0.143. The zero-order chi connectivity index (χ0) is 18.3. The first-order chi connectivity index (χ1) is 12.5. The topological polar surface area (TPSA) is 49.4 Å². The van der Waals surface area contributed by atoms with Gasteiger partial charge in [-0.05, 0) is 48.0 Å². The molecule has 0 radical (unpaired) electrons. The highest BCUT2D eigenvalue weighted by Gasteiger charge is 2.24. The number of carbonyl (C=O) groups is 2. The number of benzene rings is 3. The predicted octanol–water partition coefficient (Wildman–Crippen LogP) is 4.55. The Morgan fingerprint density at radius 3 is 2.62 bits per heavy atom. The van der Waals surface area contributed by atoms with Gasteiger partial charge in [-0.3, -0.25) is 9.59 Å². The third-order valence-corrected chi connectivity index (χ3v) is 5.76. The predicted molar refractivity (Wildman–Crippen MR) is 107 cm³/mol. The molecule has 1 aliphatic rings. The van der Waals surface area contributed by atoms with Crippen LogP contribution < -0.4 is 10.2 Å². The lowest BCUT2D eigenvalue weighted by atomic mass is 10.1. The summed E-state index contributed by atoms with van der Waals surface area (Å²) in [5.74, 6) is -0.143. The molecule has 130 valence electrons. The number of amides is 2. The Morgan fingerprint density at radius 2 is 1.81 bits per heavy atom. The van der Waals surface area contributed by atoms with Gasteiger partial charge in [0.2, 0.25) is 5.91 Å². The maximum absolute atomic E-state index is 12.9. The van der Waals surface area contributed by atoms with Crippen LogP contribution in [-0.2, 0) is 4.79 Å². The van der Waals surface area contributed by atoms with Gasteiger partial charge in [0, 0.05) is 23.2 Å². The van der Waals surface area contributed by atoms with Crippen LogP contribution in [0, 0.1) is 0 Å². The molecule has 0 saturated carbocycles. The van der Waals surface area contributed by atoms with E-state index >= 15 is 0 Å². The molecule has 1 heterocycles. The van der Waals surface area contributed by atoms with Crippen molar-refractivity contribution in [1.29, 1.82) is 0 Å². The molecule has 26 heavy (non-hydrogen) atoms. The molecule has 1 aliphatic heterocycles. The summed E-state index contributed by atoms with van der Waals surface area (Å²) in [7, 11) is 1.77. The molecule has 1 unspecified atom stereocenters. The maximum Gasteiger partial charge on any atom is 0.258 e. The molecule has 5 heteroatoms. The molecule has 0 aliphatic carbocycles. The second kappa shape index (κ2) is 6.50. The van der Waals surface area contributed by atoms with E-state index in [1.54, 1.807) is 18.0 Å². The summed E-state index contributed by atoms with van der Waals surface area (Å²) >= 11 is 1.51. The standard InChI is InChI=1S/C21H18N2O2S/c1-13-20(24)22-18-12-16(8-10-19(18)26-13)21(25)23(2)17-9-7-14-5-3-4-6-15(14)11-17/h3-13H,1-2H3,(H,22,24). The highest BCUT2D eigenvalue weighted by molar-refractivity contribution is 8.00. The molecule has 4 nitrogen and oxygen atoms in total. The Morgan fingerprint density at radius 1 is 1.04 bits per heavy atom. The number of hydrogen-bond donors (Lipinski definition) is 1. The average Bonchev–Trinajstić information content (AvgIpc) is 2.67. The smallest absolute Gasteiger partial charge is 0.258 e. The summed E-state index contributed by atoms with van der Waals surface area (Å²) in [5, 5.41) is 4.99. The summed E-state index contributed by atoms with van der Waals surface area (Å²) < 4.78 is 0. The van der Waals surface area contributed by atoms with Crippen LogP contribution in [0.4, 0.5) is 11.4 Å². The number of thioether (sulfide) groups is 1. The van der Waals surface area contributed by atoms with Crippen LogP contribution >= 0.6 is 11.8 Å². The average molecular weight is 362 g/mol. The van der Waals surface area contributed by atoms with Crippen molar-refractivity contribution in [2.24, 2.45) is 0 Å². The Bertz CT molecular complexity index is 1030. The van der Waals surface area contributed by atoms with Gasteiger partial charge in [-0.2, -0.15) is 0 Å². The molecular weight excluding hydrogens is 344 g/mol. The highest BCUT2D eigenvalue weighted by Crippen LogP contribution is 2.36. The van der Waals surface area contributed by atoms with Crippen molar-refractivity contribution >= 4 is 45.7 Å². The van der Waals surface area contributed by atoms with Crippen LogP contribution in [0.15, 0.2) is 65.6 Å². The van der Waals surface area contributed by atoms with E-state index in [-0.39, 0.29) is 17.1 Å². The SMILES string of the molecule is CC1Sc2ccc(C(=O)N(C)c3ccc4ccccc4c3)cc2NC1=O. The fourth-order valence-electron chi connectivity index (χ4n) is 3.04. The maximum atomic E-state index is 12.9. The van der Waals surface area contributed by atoms with Crippen LogP contribution in [0.3, 0.4) is 0 Å². The van der Waals surface area contributed by atoms with E-state index in [0.29, 0.717) is 11.3 Å². The van der Waals surface area contributed by atoms with Gasteiger partial charge in [-0.1, -0.05) is 30.3 Å². The first-order valence-electron chi connectivity index (χ1n) is 8.41. The van der Waals surface area contributed by atoms with E-state index in [0.717, 1.165) is 21.4 Å². The minimum atomic E-state index is -0.121. The monoisotopic (exact) mass is 362 g/mol. The van der Waals surface area contributed by atoms with Crippen molar-refractivity contribution in [2.75, 3.05) is 17.3 Å². The van der Waals surface area contributed by atoms with Crippen molar-refractivity contribution in [3.63, 3.8) is 0 Å². The van der Waals surface area contributed by atoms with Gasteiger partial charge in [0.05, 0.1) is 10.9 Å². The summed E-state index contributed by atoms with van der Waals surface area (Å²) in [5.41, 5.74) is 2.09. The lowest BCUT2D eigenvalue weighted by molar-refractivity contribution is -0.115. The largest absolute Gasteiger partial charge is 0.324 e. The number of carbonyl (C=O) groups excluding carboxylic acids is 2. The summed E-state index contributed by atoms with van der Waals surface area (Å²) in [6, 6.07) is 19.5. The molecule has 1 atom stereocenters. The number of anilines is 2. The lowest BCUT2D eigenvalue weighted by Crippen LogP contribution is -2.28. The quantitative estimate of drug-likeness (QED) is 0.728. The Balaban J connectivity index is 1.64. The number of rotatable bonds is 2. The van der Waals surface area contributed by atoms with E-state index in [4.69, 9.17) is 0 Å². The first-order valence-corrected chi connectivity index (χ1v) is 9.29. The normalized spacial score (nSPS) is 16.1. The number of fused-ring (bicyclic) bond motifs is 2. The molecule has 2 amide bonds. The van der Waals surface area contributed by atoms with E-state index < -0.39 is 0 Å². The summed E-state index contributed by atoms with van der Waals surface area (Å²) in [4.78, 5) is 27.4. The summed E-state index contributed by atoms with van der Waals surface area (Å²) in [6.07, 6.45) is 0. The van der Waals surface area contributed by atoms with Crippen LogP contribution in [0.1, 0.15) is 17.3 Å². The van der Waals surface area contributed by atoms with Gasteiger partial charge in [0.1, 0.15) is 0 Å². The van der Waals surface area contributed by atoms with Gasteiger partial charge in [0.15, 0.2) is 0 Å². The van der Waals surface area contributed by atoms with Crippen molar-refractivity contribution in [1.82, 2.24) is 0 Å². The fourth-order valence-corrected chi connectivity index (χ4v) is 3.97. The van der Waals surface area contributed by atoms with E-state index in [1.165, 1.54) is 11.8 Å². The van der Waals surface area contributed by atoms with Crippen LogP contribution in [0.25, 0.3) is 10.8 Å². The molecule has 0 aromatic heterocycles. The molecule has 4 rings (SSSR count).